The zero-order chi connectivity index (χ0) is 42.4. The SMILES string of the molecule is c1ccc(-c2cccc(-c3ccccc3-c3ccc(N(c4ccc(-c5cccc6cccc(-c7ccccc7)c56)cc4)c4ccc5c(c4)sc4c6ccccc6ccc54)cc3)c2)cc1. The van der Waals surface area contributed by atoms with Gasteiger partial charge in [-0.2, -0.15) is 0 Å². The summed E-state index contributed by atoms with van der Waals surface area (Å²) in [4.78, 5) is 2.41. The molecule has 0 spiro atoms. The molecule has 12 rings (SSSR count). The maximum atomic E-state index is 2.41. The van der Waals surface area contributed by atoms with Crippen molar-refractivity contribution in [2.24, 2.45) is 0 Å². The van der Waals surface area contributed by atoms with Crippen LogP contribution < -0.4 is 4.90 Å². The van der Waals surface area contributed by atoms with E-state index < -0.39 is 0 Å². The normalized spacial score (nSPS) is 11.4. The third kappa shape index (κ3) is 6.73. The molecule has 1 heterocycles. The molecule has 11 aromatic carbocycles. The smallest absolute Gasteiger partial charge is 0.0476 e. The molecule has 0 fully saturated rings. The van der Waals surface area contributed by atoms with Gasteiger partial charge in [0.15, 0.2) is 0 Å². The fraction of sp³-hybridized carbons (Fsp3) is 0. The highest BCUT2D eigenvalue weighted by Gasteiger charge is 2.18. The van der Waals surface area contributed by atoms with Crippen LogP contribution in [0.4, 0.5) is 17.1 Å². The number of rotatable bonds is 8. The Hall–Kier alpha value is -8.04. The molecule has 0 aliphatic rings. The quantitative estimate of drug-likeness (QED) is 0.147. The molecule has 0 unspecified atom stereocenters. The minimum Gasteiger partial charge on any atom is -0.310 e. The van der Waals surface area contributed by atoms with Crippen LogP contribution in [0.5, 0.6) is 0 Å². The highest BCUT2D eigenvalue weighted by atomic mass is 32.1. The van der Waals surface area contributed by atoms with E-state index in [1.807, 2.05) is 11.3 Å². The second-order valence-corrected chi connectivity index (χ2v) is 17.5. The predicted molar refractivity (Wildman–Crippen MR) is 276 cm³/mol. The van der Waals surface area contributed by atoms with Crippen molar-refractivity contribution in [2.75, 3.05) is 4.90 Å². The lowest BCUT2D eigenvalue weighted by Gasteiger charge is -2.26. The number of thiophene rings is 1. The van der Waals surface area contributed by atoms with E-state index in [1.54, 1.807) is 0 Å². The molecule has 1 nitrogen and oxygen atoms in total. The summed E-state index contributed by atoms with van der Waals surface area (Å²) in [6.07, 6.45) is 0. The highest BCUT2D eigenvalue weighted by Crippen LogP contribution is 2.44. The van der Waals surface area contributed by atoms with Crippen molar-refractivity contribution < 1.29 is 0 Å². The molecule has 0 saturated carbocycles. The number of hydrogen-bond donors (Lipinski definition) is 0. The van der Waals surface area contributed by atoms with E-state index in [1.165, 1.54) is 97.4 Å². The molecular formula is C62H41NS. The molecule has 300 valence electrons. The summed E-state index contributed by atoms with van der Waals surface area (Å²) in [6, 6.07) is 90.8. The second kappa shape index (κ2) is 16.0. The van der Waals surface area contributed by atoms with Crippen LogP contribution in [-0.2, 0) is 0 Å². The van der Waals surface area contributed by atoms with E-state index >= 15 is 0 Å². The summed E-state index contributed by atoms with van der Waals surface area (Å²) in [7, 11) is 0. The first-order valence-electron chi connectivity index (χ1n) is 21.9. The topological polar surface area (TPSA) is 3.24 Å². The lowest BCUT2D eigenvalue weighted by molar-refractivity contribution is 1.29. The first-order valence-corrected chi connectivity index (χ1v) is 22.7. The van der Waals surface area contributed by atoms with E-state index in [-0.39, 0.29) is 0 Å². The van der Waals surface area contributed by atoms with Crippen LogP contribution in [0.15, 0.2) is 249 Å². The van der Waals surface area contributed by atoms with E-state index in [2.05, 4.69) is 254 Å². The van der Waals surface area contributed by atoms with Crippen LogP contribution in [0.25, 0.3) is 97.4 Å². The number of fused-ring (bicyclic) bond motifs is 6. The van der Waals surface area contributed by atoms with E-state index in [0.717, 1.165) is 17.1 Å². The zero-order valence-electron chi connectivity index (χ0n) is 35.0. The Morgan fingerprint density at radius 1 is 0.266 bits per heavy atom. The van der Waals surface area contributed by atoms with Gasteiger partial charge in [-0.05, 0) is 120 Å². The lowest BCUT2D eigenvalue weighted by atomic mass is 9.91. The summed E-state index contributed by atoms with van der Waals surface area (Å²) < 4.78 is 2.61. The molecule has 0 bridgehead atoms. The molecule has 0 saturated heterocycles. The summed E-state index contributed by atoms with van der Waals surface area (Å²) in [6.45, 7) is 0. The largest absolute Gasteiger partial charge is 0.310 e. The Bertz CT molecular complexity index is 3640. The summed E-state index contributed by atoms with van der Waals surface area (Å²) in [5.41, 5.74) is 15.4. The number of benzene rings is 11. The van der Waals surface area contributed by atoms with Crippen LogP contribution in [0.1, 0.15) is 0 Å². The number of hydrogen-bond acceptors (Lipinski definition) is 2. The first-order chi connectivity index (χ1) is 31.7. The van der Waals surface area contributed by atoms with Gasteiger partial charge in [-0.15, -0.1) is 11.3 Å². The molecule has 0 atom stereocenters. The minimum atomic E-state index is 1.10. The van der Waals surface area contributed by atoms with Gasteiger partial charge >= 0.3 is 0 Å². The minimum absolute atomic E-state index is 1.10. The van der Waals surface area contributed by atoms with Crippen molar-refractivity contribution in [3.8, 4) is 55.6 Å². The molecule has 12 aromatic rings. The molecule has 1 aromatic heterocycles. The predicted octanol–water partition coefficient (Wildman–Crippen LogP) is 18.2. The van der Waals surface area contributed by atoms with Gasteiger partial charge in [0.2, 0.25) is 0 Å². The van der Waals surface area contributed by atoms with Crippen LogP contribution >= 0.6 is 11.3 Å². The average Bonchev–Trinajstić information content (AvgIpc) is 3.76. The lowest BCUT2D eigenvalue weighted by Crippen LogP contribution is -2.09. The summed E-state index contributed by atoms with van der Waals surface area (Å²) in [5, 5.41) is 7.69. The van der Waals surface area contributed by atoms with Gasteiger partial charge in [-0.25, -0.2) is 0 Å². The number of anilines is 3. The van der Waals surface area contributed by atoms with Crippen molar-refractivity contribution in [3.63, 3.8) is 0 Å². The molecular weight excluding hydrogens is 791 g/mol. The second-order valence-electron chi connectivity index (χ2n) is 16.4. The average molecular weight is 832 g/mol. The van der Waals surface area contributed by atoms with Crippen molar-refractivity contribution in [1.29, 1.82) is 0 Å². The first kappa shape index (κ1) is 37.7. The van der Waals surface area contributed by atoms with Gasteiger partial charge in [0.05, 0.1) is 0 Å². The van der Waals surface area contributed by atoms with Gasteiger partial charge in [-0.1, -0.05) is 206 Å². The molecule has 2 heteroatoms. The van der Waals surface area contributed by atoms with Gasteiger partial charge in [0, 0.05) is 37.2 Å². The maximum absolute atomic E-state index is 2.41. The molecule has 0 aliphatic carbocycles. The van der Waals surface area contributed by atoms with Gasteiger partial charge in [0.25, 0.3) is 0 Å². The fourth-order valence-electron chi connectivity index (χ4n) is 9.58. The van der Waals surface area contributed by atoms with E-state index in [9.17, 15) is 0 Å². The number of nitrogens with zero attached hydrogens (tertiary/aromatic N) is 1. The molecule has 0 N–H and O–H groups in total. The standard InChI is InChI=1S/C62H41NS/c1-3-14-42(15-4-1)48-21-11-22-49(40-48)54-24-10-9-23-53(54)45-28-33-50(34-29-45)63(52-37-39-58-59-38-32-44-18-7-8-25-57(44)62(59)64-60(58)41-52)51-35-30-46(31-36-51)56-27-13-20-47-19-12-26-55(61(47)56)43-16-5-2-6-17-43/h1-41H. The molecule has 0 radical (unpaired) electrons. The van der Waals surface area contributed by atoms with Crippen LogP contribution in [0.3, 0.4) is 0 Å². The Morgan fingerprint density at radius 2 is 0.750 bits per heavy atom. The van der Waals surface area contributed by atoms with E-state index in [4.69, 9.17) is 0 Å². The Kier molecular flexibility index (Phi) is 9.43. The van der Waals surface area contributed by atoms with E-state index in [0.29, 0.717) is 0 Å². The van der Waals surface area contributed by atoms with Gasteiger partial charge in [-0.3, -0.25) is 0 Å². The van der Waals surface area contributed by atoms with Gasteiger partial charge in [0.1, 0.15) is 0 Å². The van der Waals surface area contributed by atoms with Crippen LogP contribution in [-0.4, -0.2) is 0 Å². The van der Waals surface area contributed by atoms with Crippen molar-refractivity contribution in [2.45, 2.75) is 0 Å². The molecule has 0 amide bonds. The third-order valence-electron chi connectivity index (χ3n) is 12.7. The van der Waals surface area contributed by atoms with Crippen molar-refractivity contribution >= 4 is 70.1 Å². The molecule has 64 heavy (non-hydrogen) atoms. The maximum Gasteiger partial charge on any atom is 0.0476 e. The highest BCUT2D eigenvalue weighted by molar-refractivity contribution is 7.26. The Balaban J connectivity index is 0.968. The molecule has 0 aliphatic heterocycles. The third-order valence-corrected chi connectivity index (χ3v) is 13.9. The zero-order valence-corrected chi connectivity index (χ0v) is 35.8. The summed E-state index contributed by atoms with van der Waals surface area (Å²) in [5.74, 6) is 0. The Labute approximate surface area is 377 Å². The Morgan fingerprint density at radius 3 is 1.45 bits per heavy atom. The van der Waals surface area contributed by atoms with Gasteiger partial charge < -0.3 is 4.90 Å². The monoisotopic (exact) mass is 831 g/mol. The summed E-state index contributed by atoms with van der Waals surface area (Å²) >= 11 is 1.89. The van der Waals surface area contributed by atoms with Crippen molar-refractivity contribution in [3.05, 3.63) is 249 Å². The van der Waals surface area contributed by atoms with Crippen LogP contribution in [0.2, 0.25) is 0 Å². The van der Waals surface area contributed by atoms with Crippen LogP contribution in [0, 0.1) is 0 Å². The van der Waals surface area contributed by atoms with Crippen molar-refractivity contribution in [1.82, 2.24) is 0 Å². The fourth-order valence-corrected chi connectivity index (χ4v) is 10.9.